The summed E-state index contributed by atoms with van der Waals surface area (Å²) >= 11 is 6.16. The van der Waals surface area contributed by atoms with Gasteiger partial charge in [-0.25, -0.2) is 12.9 Å². The van der Waals surface area contributed by atoms with Gasteiger partial charge in [-0.15, -0.1) is 0 Å². The van der Waals surface area contributed by atoms with E-state index in [0.29, 0.717) is 26.6 Å². The van der Waals surface area contributed by atoms with Gasteiger partial charge in [-0.1, -0.05) is 29.8 Å². The van der Waals surface area contributed by atoms with Crippen molar-refractivity contribution in [2.24, 2.45) is 0 Å². The Morgan fingerprint density at radius 3 is 2.50 bits per heavy atom. The summed E-state index contributed by atoms with van der Waals surface area (Å²) in [6.07, 6.45) is 0. The molecule has 0 heterocycles. The molecule has 5 heteroatoms. The predicted molar refractivity (Wildman–Crippen MR) is 81.7 cm³/mol. The molecule has 0 fully saturated rings. The van der Waals surface area contributed by atoms with Crippen LogP contribution in [0.25, 0.3) is 11.1 Å². The second-order valence-corrected chi connectivity index (χ2v) is 6.75. The van der Waals surface area contributed by atoms with E-state index >= 15 is 0 Å². The zero-order chi connectivity index (χ0) is 14.9. The van der Waals surface area contributed by atoms with Gasteiger partial charge in [0.25, 0.3) is 0 Å². The standard InChI is InChI=1S/C15H15ClFNOS/c1-10-5-4-6-12(15(10)17)13-9-11(7-8-14(13)16)20(19)18(2)3/h4-9H,1-3H3. The Kier molecular flexibility index (Phi) is 4.58. The summed E-state index contributed by atoms with van der Waals surface area (Å²) in [6, 6.07) is 10.2. The van der Waals surface area contributed by atoms with Gasteiger partial charge >= 0.3 is 0 Å². The van der Waals surface area contributed by atoms with Crippen molar-refractivity contribution in [3.8, 4) is 11.1 Å². The quantitative estimate of drug-likeness (QED) is 0.838. The molecule has 0 aliphatic rings. The molecule has 2 rings (SSSR count). The first-order valence-corrected chi connectivity index (χ1v) is 7.54. The van der Waals surface area contributed by atoms with Gasteiger partial charge in [0, 0.05) is 16.1 Å². The van der Waals surface area contributed by atoms with E-state index in [2.05, 4.69) is 0 Å². The number of nitrogens with zero attached hydrogens (tertiary/aromatic N) is 1. The average molecular weight is 312 g/mol. The van der Waals surface area contributed by atoms with Crippen LogP contribution in [0.3, 0.4) is 0 Å². The van der Waals surface area contributed by atoms with E-state index in [1.54, 1.807) is 61.7 Å². The first-order chi connectivity index (χ1) is 9.41. The van der Waals surface area contributed by atoms with Crippen molar-refractivity contribution in [3.63, 3.8) is 0 Å². The molecule has 2 aromatic carbocycles. The molecular weight excluding hydrogens is 297 g/mol. The second-order valence-electron chi connectivity index (χ2n) is 4.64. The minimum atomic E-state index is -1.29. The third-order valence-electron chi connectivity index (χ3n) is 2.95. The lowest BCUT2D eigenvalue weighted by molar-refractivity contribution is 0.602. The van der Waals surface area contributed by atoms with Crippen molar-refractivity contribution in [3.05, 3.63) is 52.8 Å². The largest absolute Gasteiger partial charge is 0.237 e. The third kappa shape index (κ3) is 2.92. The van der Waals surface area contributed by atoms with E-state index in [9.17, 15) is 8.60 Å². The van der Waals surface area contributed by atoms with E-state index in [1.807, 2.05) is 0 Å². The van der Waals surface area contributed by atoms with E-state index in [1.165, 1.54) is 0 Å². The first kappa shape index (κ1) is 15.2. The van der Waals surface area contributed by atoms with Crippen LogP contribution in [0.1, 0.15) is 5.56 Å². The third-order valence-corrected chi connectivity index (χ3v) is 4.60. The normalized spacial score (nSPS) is 12.7. The summed E-state index contributed by atoms with van der Waals surface area (Å²) in [5.74, 6) is -0.304. The van der Waals surface area contributed by atoms with Gasteiger partial charge in [0.2, 0.25) is 0 Å². The van der Waals surface area contributed by atoms with Crippen molar-refractivity contribution in [2.45, 2.75) is 11.8 Å². The Labute approximate surface area is 125 Å². The zero-order valence-electron chi connectivity index (χ0n) is 11.5. The molecule has 0 saturated carbocycles. The number of benzene rings is 2. The minimum Gasteiger partial charge on any atom is -0.237 e. The molecule has 0 amide bonds. The fraction of sp³-hybridized carbons (Fsp3) is 0.200. The topological polar surface area (TPSA) is 20.3 Å². The molecule has 0 aromatic heterocycles. The lowest BCUT2D eigenvalue weighted by Gasteiger charge is -2.12. The lowest BCUT2D eigenvalue weighted by atomic mass is 10.0. The maximum Gasteiger partial charge on any atom is 0.133 e. The van der Waals surface area contributed by atoms with Gasteiger partial charge in [0.1, 0.15) is 16.8 Å². The maximum absolute atomic E-state index is 14.2. The van der Waals surface area contributed by atoms with Gasteiger partial charge in [-0.05, 0) is 44.8 Å². The number of rotatable bonds is 3. The van der Waals surface area contributed by atoms with E-state index in [-0.39, 0.29) is 5.82 Å². The Morgan fingerprint density at radius 2 is 1.85 bits per heavy atom. The van der Waals surface area contributed by atoms with Gasteiger partial charge in [0.05, 0.1) is 4.90 Å². The minimum absolute atomic E-state index is 0.304. The van der Waals surface area contributed by atoms with E-state index in [0.717, 1.165) is 0 Å². The highest BCUT2D eigenvalue weighted by atomic mass is 35.5. The number of hydrogen-bond donors (Lipinski definition) is 0. The molecule has 106 valence electrons. The van der Waals surface area contributed by atoms with Crippen LogP contribution >= 0.6 is 11.6 Å². The average Bonchev–Trinajstić information content (AvgIpc) is 2.42. The number of halogens is 2. The molecular formula is C15H15ClFNOS. The number of aryl methyl sites for hydroxylation is 1. The zero-order valence-corrected chi connectivity index (χ0v) is 13.1. The predicted octanol–water partition coefficient (Wildman–Crippen LogP) is 4.04. The van der Waals surface area contributed by atoms with Crippen LogP contribution in [-0.2, 0) is 11.0 Å². The van der Waals surface area contributed by atoms with E-state index in [4.69, 9.17) is 11.6 Å². The first-order valence-electron chi connectivity index (χ1n) is 6.06. The smallest absolute Gasteiger partial charge is 0.133 e. The summed E-state index contributed by atoms with van der Waals surface area (Å²) in [5.41, 5.74) is 1.53. The Balaban J connectivity index is 2.59. The van der Waals surface area contributed by atoms with Gasteiger partial charge in [-0.2, -0.15) is 0 Å². The van der Waals surface area contributed by atoms with Crippen LogP contribution in [0.2, 0.25) is 5.02 Å². The van der Waals surface area contributed by atoms with Crippen LogP contribution in [0.5, 0.6) is 0 Å². The number of hydrogen-bond acceptors (Lipinski definition) is 1. The highest BCUT2D eigenvalue weighted by molar-refractivity contribution is 7.82. The van der Waals surface area contributed by atoms with Gasteiger partial charge in [0.15, 0.2) is 0 Å². The molecule has 1 atom stereocenters. The van der Waals surface area contributed by atoms with Crippen LogP contribution in [0.15, 0.2) is 41.3 Å². The van der Waals surface area contributed by atoms with E-state index < -0.39 is 11.0 Å². The van der Waals surface area contributed by atoms with Crippen molar-refractivity contribution >= 4 is 22.6 Å². The molecule has 1 unspecified atom stereocenters. The molecule has 20 heavy (non-hydrogen) atoms. The Morgan fingerprint density at radius 1 is 1.15 bits per heavy atom. The fourth-order valence-corrected chi connectivity index (χ4v) is 2.93. The highest BCUT2D eigenvalue weighted by Gasteiger charge is 2.14. The molecule has 0 N–H and O–H groups in total. The Hall–Kier alpha value is -1.23. The molecule has 2 aromatic rings. The molecule has 0 aliphatic carbocycles. The van der Waals surface area contributed by atoms with Gasteiger partial charge < -0.3 is 0 Å². The monoisotopic (exact) mass is 311 g/mol. The van der Waals surface area contributed by atoms with Crippen LogP contribution in [0, 0.1) is 12.7 Å². The second kappa shape index (κ2) is 6.04. The summed E-state index contributed by atoms with van der Waals surface area (Å²) in [5, 5.41) is 0.439. The molecule has 0 saturated heterocycles. The van der Waals surface area contributed by atoms with Crippen molar-refractivity contribution in [2.75, 3.05) is 14.1 Å². The Bertz CT molecular complexity index is 673. The van der Waals surface area contributed by atoms with Crippen molar-refractivity contribution < 1.29 is 8.60 Å². The summed E-state index contributed by atoms with van der Waals surface area (Å²) in [7, 11) is 2.15. The molecule has 0 spiro atoms. The molecule has 0 aliphatic heterocycles. The van der Waals surface area contributed by atoms with Crippen LogP contribution < -0.4 is 0 Å². The highest BCUT2D eigenvalue weighted by Crippen LogP contribution is 2.32. The maximum atomic E-state index is 14.2. The summed E-state index contributed by atoms with van der Waals surface area (Å²) in [6.45, 7) is 1.70. The summed E-state index contributed by atoms with van der Waals surface area (Å²) in [4.78, 5) is 0.593. The molecule has 0 bridgehead atoms. The SMILES string of the molecule is Cc1cccc(-c2cc(S(=O)N(C)C)ccc2Cl)c1F. The molecule has 2 nitrogen and oxygen atoms in total. The van der Waals surface area contributed by atoms with Crippen molar-refractivity contribution in [1.82, 2.24) is 4.31 Å². The fourth-order valence-electron chi connectivity index (χ4n) is 1.89. The lowest BCUT2D eigenvalue weighted by Crippen LogP contribution is -2.15. The van der Waals surface area contributed by atoms with Crippen LogP contribution in [-0.4, -0.2) is 22.6 Å². The van der Waals surface area contributed by atoms with Gasteiger partial charge in [-0.3, -0.25) is 0 Å². The van der Waals surface area contributed by atoms with Crippen molar-refractivity contribution in [1.29, 1.82) is 0 Å². The summed E-state index contributed by atoms with van der Waals surface area (Å²) < 4.78 is 27.9. The van der Waals surface area contributed by atoms with Crippen LogP contribution in [0.4, 0.5) is 4.39 Å². The molecule has 0 radical (unpaired) electrons.